The molecule has 1 aromatic heterocycles. The molecule has 0 bridgehead atoms. The van der Waals surface area contributed by atoms with Crippen molar-refractivity contribution in [3.05, 3.63) is 15.6 Å². The van der Waals surface area contributed by atoms with Gasteiger partial charge in [-0.2, -0.15) is 0 Å². The molecule has 0 saturated carbocycles. The summed E-state index contributed by atoms with van der Waals surface area (Å²) in [5, 5.41) is 15.1. The van der Waals surface area contributed by atoms with Crippen LogP contribution in [0.4, 0.5) is 4.79 Å². The normalized spacial score (nSPS) is 11.9. The van der Waals surface area contributed by atoms with Crippen LogP contribution in [0, 0.1) is 6.92 Å². The minimum absolute atomic E-state index is 0.174. The summed E-state index contributed by atoms with van der Waals surface area (Å²) in [5.74, 6) is -0.982. The SMILES string of the molecule is CCCC(CC)NC(=O)NCc1nc(C)c(C(=O)O)s1. The maximum absolute atomic E-state index is 11.7. The zero-order chi connectivity index (χ0) is 15.1. The number of aryl methyl sites for hydroxylation is 1. The number of carboxylic acid groups (broad SMARTS) is 1. The molecule has 112 valence electrons. The number of nitrogens with one attached hydrogen (secondary N) is 2. The second-order valence-electron chi connectivity index (χ2n) is 4.55. The summed E-state index contributed by atoms with van der Waals surface area (Å²) in [5.41, 5.74) is 0.483. The largest absolute Gasteiger partial charge is 0.477 e. The van der Waals surface area contributed by atoms with Crippen LogP contribution in [0.2, 0.25) is 0 Å². The van der Waals surface area contributed by atoms with Gasteiger partial charge < -0.3 is 15.7 Å². The molecule has 0 aliphatic heterocycles. The molecule has 0 radical (unpaired) electrons. The number of nitrogens with zero attached hydrogens (tertiary/aromatic N) is 1. The minimum atomic E-state index is -0.982. The van der Waals surface area contributed by atoms with Crippen LogP contribution in [0.5, 0.6) is 0 Å². The lowest BCUT2D eigenvalue weighted by atomic mass is 10.1. The Morgan fingerprint density at radius 2 is 2.10 bits per heavy atom. The smallest absolute Gasteiger partial charge is 0.347 e. The second-order valence-corrected chi connectivity index (χ2v) is 5.63. The van der Waals surface area contributed by atoms with Gasteiger partial charge in [-0.3, -0.25) is 0 Å². The molecular formula is C13H21N3O3S. The molecule has 20 heavy (non-hydrogen) atoms. The molecule has 7 heteroatoms. The van der Waals surface area contributed by atoms with Crippen molar-refractivity contribution in [2.75, 3.05) is 0 Å². The average Bonchev–Trinajstić information content (AvgIpc) is 2.77. The molecule has 0 fully saturated rings. The van der Waals surface area contributed by atoms with E-state index >= 15 is 0 Å². The molecule has 3 N–H and O–H groups in total. The molecule has 0 aliphatic carbocycles. The summed E-state index contributed by atoms with van der Waals surface area (Å²) < 4.78 is 0. The zero-order valence-electron chi connectivity index (χ0n) is 12.0. The molecule has 0 aliphatic rings. The van der Waals surface area contributed by atoms with E-state index in [4.69, 9.17) is 5.11 Å². The van der Waals surface area contributed by atoms with Crippen molar-refractivity contribution in [3.8, 4) is 0 Å². The molecule has 0 spiro atoms. The van der Waals surface area contributed by atoms with E-state index < -0.39 is 5.97 Å². The van der Waals surface area contributed by atoms with Gasteiger partial charge in [-0.05, 0) is 19.8 Å². The van der Waals surface area contributed by atoms with E-state index in [1.165, 1.54) is 0 Å². The lowest BCUT2D eigenvalue weighted by Gasteiger charge is -2.16. The van der Waals surface area contributed by atoms with Crippen molar-refractivity contribution in [1.82, 2.24) is 15.6 Å². The topological polar surface area (TPSA) is 91.3 Å². The molecule has 0 saturated heterocycles. The molecule has 1 aromatic rings. The fourth-order valence-electron chi connectivity index (χ4n) is 1.85. The van der Waals surface area contributed by atoms with Gasteiger partial charge in [-0.1, -0.05) is 20.3 Å². The Morgan fingerprint density at radius 1 is 1.40 bits per heavy atom. The number of urea groups is 1. The van der Waals surface area contributed by atoms with Crippen LogP contribution in [0.25, 0.3) is 0 Å². The first-order chi connectivity index (χ1) is 9.47. The third-order valence-corrected chi connectivity index (χ3v) is 4.05. The molecule has 1 atom stereocenters. The molecule has 1 heterocycles. The van der Waals surface area contributed by atoms with Crippen molar-refractivity contribution in [1.29, 1.82) is 0 Å². The van der Waals surface area contributed by atoms with Crippen molar-refractivity contribution in [2.45, 2.75) is 52.6 Å². The number of amides is 2. The number of aromatic nitrogens is 1. The third-order valence-electron chi connectivity index (χ3n) is 2.90. The monoisotopic (exact) mass is 299 g/mol. The van der Waals surface area contributed by atoms with Gasteiger partial charge >= 0.3 is 12.0 Å². The lowest BCUT2D eigenvalue weighted by Crippen LogP contribution is -2.41. The Labute approximate surface area is 122 Å². The summed E-state index contributed by atoms with van der Waals surface area (Å²) in [6.45, 7) is 6.00. The fraction of sp³-hybridized carbons (Fsp3) is 0.615. The average molecular weight is 299 g/mol. The number of rotatable bonds is 7. The maximum atomic E-state index is 11.7. The van der Waals surface area contributed by atoms with Gasteiger partial charge in [0.1, 0.15) is 9.88 Å². The van der Waals surface area contributed by atoms with Gasteiger partial charge in [0.25, 0.3) is 0 Å². The summed E-state index contributed by atoms with van der Waals surface area (Å²) in [4.78, 5) is 27.0. The predicted molar refractivity (Wildman–Crippen MR) is 78.2 cm³/mol. The van der Waals surface area contributed by atoms with Crippen LogP contribution in [0.1, 0.15) is 53.5 Å². The number of carbonyl (C=O) groups is 2. The van der Waals surface area contributed by atoms with E-state index in [-0.39, 0.29) is 23.5 Å². The van der Waals surface area contributed by atoms with Gasteiger partial charge in [0, 0.05) is 6.04 Å². The fourth-order valence-corrected chi connectivity index (χ4v) is 2.69. The number of carbonyl (C=O) groups excluding carboxylic acids is 1. The van der Waals surface area contributed by atoms with E-state index in [1.54, 1.807) is 6.92 Å². The molecular weight excluding hydrogens is 278 g/mol. The first-order valence-electron chi connectivity index (χ1n) is 6.71. The molecule has 1 unspecified atom stereocenters. The van der Waals surface area contributed by atoms with E-state index in [0.29, 0.717) is 10.7 Å². The third kappa shape index (κ3) is 4.80. The Balaban J connectivity index is 2.48. The Bertz CT molecular complexity index is 473. The van der Waals surface area contributed by atoms with Gasteiger partial charge in [0.05, 0.1) is 12.2 Å². The lowest BCUT2D eigenvalue weighted by molar-refractivity contribution is 0.0701. The number of hydrogen-bond donors (Lipinski definition) is 3. The van der Waals surface area contributed by atoms with Crippen LogP contribution < -0.4 is 10.6 Å². The van der Waals surface area contributed by atoms with Crippen molar-refractivity contribution in [2.24, 2.45) is 0 Å². The van der Waals surface area contributed by atoms with E-state index in [1.807, 2.05) is 6.92 Å². The van der Waals surface area contributed by atoms with E-state index in [2.05, 4.69) is 22.5 Å². The number of hydrogen-bond acceptors (Lipinski definition) is 4. The van der Waals surface area contributed by atoms with Crippen LogP contribution in [-0.4, -0.2) is 28.1 Å². The molecule has 1 rings (SSSR count). The van der Waals surface area contributed by atoms with Crippen LogP contribution in [0.15, 0.2) is 0 Å². The molecule has 0 aromatic carbocycles. The standard InChI is InChI=1S/C13H21N3O3S/c1-4-6-9(5-2)16-13(19)14-7-10-15-8(3)11(20-10)12(17)18/h9H,4-7H2,1-3H3,(H,17,18)(H2,14,16,19). The quantitative estimate of drug-likeness (QED) is 0.721. The number of aromatic carboxylic acids is 1. The second kappa shape index (κ2) is 7.84. The van der Waals surface area contributed by atoms with Gasteiger partial charge in [0.2, 0.25) is 0 Å². The summed E-state index contributed by atoms with van der Waals surface area (Å²) in [6.07, 6.45) is 2.86. The van der Waals surface area contributed by atoms with Gasteiger partial charge in [-0.25, -0.2) is 14.6 Å². The highest BCUT2D eigenvalue weighted by atomic mass is 32.1. The Morgan fingerprint density at radius 3 is 2.60 bits per heavy atom. The van der Waals surface area contributed by atoms with Gasteiger partial charge in [-0.15, -0.1) is 11.3 Å². The highest BCUT2D eigenvalue weighted by Crippen LogP contribution is 2.17. The first-order valence-corrected chi connectivity index (χ1v) is 7.53. The molecule has 2 amide bonds. The zero-order valence-corrected chi connectivity index (χ0v) is 12.8. The van der Waals surface area contributed by atoms with Crippen LogP contribution >= 0.6 is 11.3 Å². The number of thiazole rings is 1. The Kier molecular flexibility index (Phi) is 6.44. The van der Waals surface area contributed by atoms with Crippen molar-refractivity contribution >= 4 is 23.3 Å². The minimum Gasteiger partial charge on any atom is -0.477 e. The highest BCUT2D eigenvalue weighted by molar-refractivity contribution is 7.13. The van der Waals surface area contributed by atoms with Crippen molar-refractivity contribution < 1.29 is 14.7 Å². The van der Waals surface area contributed by atoms with E-state index in [0.717, 1.165) is 30.6 Å². The number of carboxylic acids is 1. The summed E-state index contributed by atoms with van der Waals surface area (Å²) in [7, 11) is 0. The highest BCUT2D eigenvalue weighted by Gasteiger charge is 2.15. The van der Waals surface area contributed by atoms with E-state index in [9.17, 15) is 9.59 Å². The summed E-state index contributed by atoms with van der Waals surface area (Å²) in [6, 6.07) is -0.0670. The predicted octanol–water partition coefficient (Wildman–Crippen LogP) is 2.53. The summed E-state index contributed by atoms with van der Waals surface area (Å²) >= 11 is 1.09. The Hall–Kier alpha value is -1.63. The first kappa shape index (κ1) is 16.4. The van der Waals surface area contributed by atoms with Gasteiger partial charge in [0.15, 0.2) is 0 Å². The van der Waals surface area contributed by atoms with Crippen molar-refractivity contribution in [3.63, 3.8) is 0 Å². The maximum Gasteiger partial charge on any atom is 0.347 e. The van der Waals surface area contributed by atoms with Crippen LogP contribution in [-0.2, 0) is 6.54 Å². The molecule has 6 nitrogen and oxygen atoms in total. The van der Waals surface area contributed by atoms with Crippen LogP contribution in [0.3, 0.4) is 0 Å².